The van der Waals surface area contributed by atoms with E-state index in [9.17, 15) is 0 Å². The summed E-state index contributed by atoms with van der Waals surface area (Å²) in [6, 6.07) is 0. The molecule has 0 saturated carbocycles. The van der Waals surface area contributed by atoms with Crippen molar-refractivity contribution in [2.24, 2.45) is 5.73 Å². The molecule has 0 atom stereocenters. The van der Waals surface area contributed by atoms with Crippen LogP contribution in [0, 0.1) is 0 Å². The summed E-state index contributed by atoms with van der Waals surface area (Å²) < 4.78 is 0. The molecule has 8 heavy (non-hydrogen) atoms. The van der Waals surface area contributed by atoms with Gasteiger partial charge in [-0.15, -0.1) is 49.6 Å². The lowest BCUT2D eigenvalue weighted by Crippen LogP contribution is -1.93. The lowest BCUT2D eigenvalue weighted by atomic mass is 10.5. The van der Waals surface area contributed by atoms with Gasteiger partial charge in [0.15, 0.2) is 0 Å². The van der Waals surface area contributed by atoms with Crippen LogP contribution in [0.4, 0.5) is 0 Å². The van der Waals surface area contributed by atoms with Gasteiger partial charge in [0, 0.05) is 0 Å². The first kappa shape index (κ1) is 35.4. The molecule has 0 rings (SSSR count). The molecule has 0 radical (unpaired) electrons. The summed E-state index contributed by atoms with van der Waals surface area (Å²) in [5, 5.41) is 0. The van der Waals surface area contributed by atoms with E-state index in [0.29, 0.717) is 0 Å². The first-order chi connectivity index (χ1) is 1.91. The third kappa shape index (κ3) is 59.3. The molecule has 0 aromatic heterocycles. The first-order valence-corrected chi connectivity index (χ1v) is 1.62. The molecule has 5 heteroatoms. The van der Waals surface area contributed by atoms with Gasteiger partial charge in [-0.1, -0.05) is 6.92 Å². The zero-order chi connectivity index (χ0) is 3.41. The van der Waals surface area contributed by atoms with Crippen molar-refractivity contribution in [2.75, 3.05) is 6.54 Å². The molecular formula is C3H13Cl4N. The Hall–Kier alpha value is 1.12. The van der Waals surface area contributed by atoms with Gasteiger partial charge >= 0.3 is 0 Å². The molecule has 0 aliphatic heterocycles. The van der Waals surface area contributed by atoms with Crippen LogP contribution in [0.15, 0.2) is 0 Å². The van der Waals surface area contributed by atoms with Crippen LogP contribution in [0.1, 0.15) is 13.3 Å². The second-order valence-corrected chi connectivity index (χ2v) is 0.789. The number of rotatable bonds is 1. The van der Waals surface area contributed by atoms with Crippen LogP contribution in [-0.2, 0) is 0 Å². The van der Waals surface area contributed by atoms with Gasteiger partial charge in [0.2, 0.25) is 0 Å². The van der Waals surface area contributed by atoms with Crippen LogP contribution in [-0.4, -0.2) is 6.54 Å². The highest BCUT2D eigenvalue weighted by atomic mass is 35.5. The van der Waals surface area contributed by atoms with E-state index in [1.807, 2.05) is 0 Å². The Bertz CT molecular complexity index is 13.2. The lowest BCUT2D eigenvalue weighted by Gasteiger charge is -1.70. The summed E-state index contributed by atoms with van der Waals surface area (Å²) in [6.07, 6.45) is 1.10. The number of nitrogens with two attached hydrogens (primary N) is 1. The molecule has 0 heterocycles. The molecule has 0 aliphatic rings. The Balaban J connectivity index is -0.00000000750. The fraction of sp³-hybridized carbons (Fsp3) is 1.00. The molecule has 0 saturated heterocycles. The molecule has 1 nitrogen and oxygen atoms in total. The minimum atomic E-state index is 0. The van der Waals surface area contributed by atoms with Gasteiger partial charge in [-0.3, -0.25) is 0 Å². The Morgan fingerprint density at radius 1 is 1.00 bits per heavy atom. The Kier molecular flexibility index (Phi) is 187. The molecular weight excluding hydrogens is 192 g/mol. The third-order valence-corrected chi connectivity index (χ3v) is 0.289. The van der Waals surface area contributed by atoms with Gasteiger partial charge in [-0.05, 0) is 13.0 Å². The first-order valence-electron chi connectivity index (χ1n) is 1.62. The van der Waals surface area contributed by atoms with Crippen molar-refractivity contribution in [3.05, 3.63) is 0 Å². The van der Waals surface area contributed by atoms with Gasteiger partial charge in [0.1, 0.15) is 0 Å². The molecule has 0 bridgehead atoms. The van der Waals surface area contributed by atoms with Gasteiger partial charge < -0.3 is 5.73 Å². The van der Waals surface area contributed by atoms with E-state index in [-0.39, 0.29) is 49.6 Å². The second-order valence-electron chi connectivity index (χ2n) is 0.789. The minimum absolute atomic E-state index is 0. The molecule has 0 amide bonds. The van der Waals surface area contributed by atoms with Crippen LogP contribution in [0.5, 0.6) is 0 Å². The van der Waals surface area contributed by atoms with Gasteiger partial charge in [-0.2, -0.15) is 0 Å². The van der Waals surface area contributed by atoms with Crippen molar-refractivity contribution < 1.29 is 0 Å². The molecule has 58 valence electrons. The molecule has 2 N–H and O–H groups in total. The van der Waals surface area contributed by atoms with Crippen LogP contribution < -0.4 is 5.73 Å². The molecule has 0 fully saturated rings. The number of halogens is 4. The highest BCUT2D eigenvalue weighted by molar-refractivity contribution is 5.86. The summed E-state index contributed by atoms with van der Waals surface area (Å²) in [5.74, 6) is 0. The number of hydrogen-bond acceptors (Lipinski definition) is 1. The average Bonchev–Trinajstić information content (AvgIpc) is 1.37. The van der Waals surface area contributed by atoms with E-state index < -0.39 is 0 Å². The maximum Gasteiger partial charge on any atom is -0.00799 e. The van der Waals surface area contributed by atoms with E-state index in [1.54, 1.807) is 0 Å². The maximum atomic E-state index is 5.03. The highest BCUT2D eigenvalue weighted by Crippen LogP contribution is 1.57. The van der Waals surface area contributed by atoms with Gasteiger partial charge in [0.05, 0.1) is 0 Å². The van der Waals surface area contributed by atoms with Crippen LogP contribution in [0.25, 0.3) is 0 Å². The summed E-state index contributed by atoms with van der Waals surface area (Å²) in [6.45, 7) is 2.88. The van der Waals surface area contributed by atoms with Crippen LogP contribution >= 0.6 is 49.6 Å². The van der Waals surface area contributed by atoms with Crippen molar-refractivity contribution in [3.63, 3.8) is 0 Å². The minimum Gasteiger partial charge on any atom is -0.330 e. The van der Waals surface area contributed by atoms with E-state index in [1.165, 1.54) is 0 Å². The van der Waals surface area contributed by atoms with Gasteiger partial charge in [0.25, 0.3) is 0 Å². The molecule has 0 aliphatic carbocycles. The Morgan fingerprint density at radius 2 is 1.12 bits per heavy atom. The maximum absolute atomic E-state index is 5.03. The lowest BCUT2D eigenvalue weighted by molar-refractivity contribution is 0.932. The fourth-order valence-electron chi connectivity index (χ4n) is 0. The smallest absolute Gasteiger partial charge is 0.00799 e. The predicted molar refractivity (Wildman–Crippen MR) is 48.3 cm³/mol. The normalized spacial score (nSPS) is 3.75. The van der Waals surface area contributed by atoms with Crippen molar-refractivity contribution in [1.82, 2.24) is 0 Å². The quantitative estimate of drug-likeness (QED) is 0.696. The zero-order valence-electron chi connectivity index (χ0n) is 4.62. The third-order valence-electron chi connectivity index (χ3n) is 0.289. The fourth-order valence-corrected chi connectivity index (χ4v) is 0. The van der Waals surface area contributed by atoms with E-state index in [2.05, 4.69) is 6.92 Å². The van der Waals surface area contributed by atoms with E-state index >= 15 is 0 Å². The van der Waals surface area contributed by atoms with E-state index in [0.717, 1.165) is 13.0 Å². The summed E-state index contributed by atoms with van der Waals surface area (Å²) in [4.78, 5) is 0. The Morgan fingerprint density at radius 3 is 1.12 bits per heavy atom. The van der Waals surface area contributed by atoms with Crippen molar-refractivity contribution in [3.8, 4) is 0 Å². The molecule has 0 aromatic rings. The summed E-state index contributed by atoms with van der Waals surface area (Å²) >= 11 is 0. The largest absolute Gasteiger partial charge is 0.330 e. The van der Waals surface area contributed by atoms with Crippen molar-refractivity contribution in [2.45, 2.75) is 13.3 Å². The van der Waals surface area contributed by atoms with Crippen LogP contribution in [0.3, 0.4) is 0 Å². The second kappa shape index (κ2) is 42.3. The highest BCUT2D eigenvalue weighted by Gasteiger charge is 1.55. The predicted octanol–water partition coefficient (Wildman–Crippen LogP) is 2.04. The Labute approximate surface area is 75.4 Å². The molecule has 0 aromatic carbocycles. The topological polar surface area (TPSA) is 26.0 Å². The van der Waals surface area contributed by atoms with E-state index in [4.69, 9.17) is 5.73 Å². The SMILES string of the molecule is CCCN.Cl.Cl.Cl.Cl. The summed E-state index contributed by atoms with van der Waals surface area (Å²) in [5.41, 5.74) is 5.03. The average molecular weight is 205 g/mol. The zero-order valence-corrected chi connectivity index (χ0v) is 7.89. The molecule has 0 spiro atoms. The summed E-state index contributed by atoms with van der Waals surface area (Å²) in [7, 11) is 0. The monoisotopic (exact) mass is 203 g/mol. The standard InChI is InChI=1S/C3H9N.4ClH/c1-2-3-4;;;;/h2-4H2,1H3;4*1H. The van der Waals surface area contributed by atoms with Crippen molar-refractivity contribution in [1.29, 1.82) is 0 Å². The molecule has 0 unspecified atom stereocenters. The van der Waals surface area contributed by atoms with Gasteiger partial charge in [-0.25, -0.2) is 0 Å². The number of hydrogen-bond donors (Lipinski definition) is 1. The van der Waals surface area contributed by atoms with Crippen molar-refractivity contribution >= 4 is 49.6 Å². The van der Waals surface area contributed by atoms with Crippen LogP contribution in [0.2, 0.25) is 0 Å².